The lowest BCUT2D eigenvalue weighted by molar-refractivity contribution is 0.0601. The maximum atomic E-state index is 11.5. The van der Waals surface area contributed by atoms with Crippen molar-refractivity contribution in [1.29, 1.82) is 0 Å². The van der Waals surface area contributed by atoms with Gasteiger partial charge in [-0.2, -0.15) is 0 Å². The van der Waals surface area contributed by atoms with Gasteiger partial charge in [-0.05, 0) is 19.1 Å². The lowest BCUT2D eigenvalue weighted by Crippen LogP contribution is -2.03. The molecule has 0 aliphatic heterocycles. The van der Waals surface area contributed by atoms with Gasteiger partial charge in [-0.15, -0.1) is 0 Å². The zero-order valence-electron chi connectivity index (χ0n) is 9.06. The van der Waals surface area contributed by atoms with Crippen molar-refractivity contribution >= 4 is 5.97 Å². The molecule has 16 heavy (non-hydrogen) atoms. The summed E-state index contributed by atoms with van der Waals surface area (Å²) in [6.07, 6.45) is 1.61. The maximum absolute atomic E-state index is 11.5. The Morgan fingerprint density at radius 3 is 2.75 bits per heavy atom. The smallest absolute Gasteiger partial charge is 0.338 e. The molecule has 82 valence electrons. The molecule has 0 N–H and O–H groups in total. The van der Waals surface area contributed by atoms with Gasteiger partial charge in [0.25, 0.3) is 0 Å². The van der Waals surface area contributed by atoms with Crippen molar-refractivity contribution in [2.45, 2.75) is 6.92 Å². The van der Waals surface area contributed by atoms with Gasteiger partial charge in [0.2, 0.25) is 5.89 Å². The minimum absolute atomic E-state index is 0.397. The quantitative estimate of drug-likeness (QED) is 0.725. The average molecular weight is 217 g/mol. The molecule has 2 aromatic rings. The number of esters is 1. The summed E-state index contributed by atoms with van der Waals surface area (Å²) in [6.45, 7) is 1.80. The van der Waals surface area contributed by atoms with Gasteiger partial charge in [0.05, 0.1) is 24.4 Å². The molecule has 4 heteroatoms. The van der Waals surface area contributed by atoms with Crippen molar-refractivity contribution in [2.24, 2.45) is 0 Å². The molecule has 0 bridgehead atoms. The Labute approximate surface area is 92.9 Å². The van der Waals surface area contributed by atoms with Crippen LogP contribution < -0.4 is 0 Å². The molecule has 0 amide bonds. The average Bonchev–Trinajstić information content (AvgIpc) is 2.75. The summed E-state index contributed by atoms with van der Waals surface area (Å²) >= 11 is 0. The number of hydrogen-bond acceptors (Lipinski definition) is 4. The third-order valence-electron chi connectivity index (χ3n) is 2.18. The number of benzene rings is 1. The van der Waals surface area contributed by atoms with Crippen LogP contribution in [0, 0.1) is 6.92 Å². The SMILES string of the molecule is COC(=O)c1ccccc1-c1ncc(C)o1. The number of carbonyl (C=O) groups is 1. The van der Waals surface area contributed by atoms with E-state index in [1.807, 2.05) is 6.07 Å². The van der Waals surface area contributed by atoms with Crippen LogP contribution in [0.25, 0.3) is 11.5 Å². The van der Waals surface area contributed by atoms with E-state index in [1.165, 1.54) is 7.11 Å². The van der Waals surface area contributed by atoms with Gasteiger partial charge >= 0.3 is 5.97 Å². The molecule has 0 spiro atoms. The van der Waals surface area contributed by atoms with E-state index in [0.29, 0.717) is 22.8 Å². The predicted octanol–water partition coefficient (Wildman–Crippen LogP) is 2.44. The summed E-state index contributed by atoms with van der Waals surface area (Å²) in [4.78, 5) is 15.6. The van der Waals surface area contributed by atoms with Gasteiger partial charge in [-0.3, -0.25) is 0 Å². The van der Waals surface area contributed by atoms with Gasteiger partial charge in [0.1, 0.15) is 5.76 Å². The summed E-state index contributed by atoms with van der Waals surface area (Å²) in [7, 11) is 1.35. The molecular weight excluding hydrogens is 206 g/mol. The van der Waals surface area contributed by atoms with Crippen LogP contribution >= 0.6 is 0 Å². The van der Waals surface area contributed by atoms with Gasteiger partial charge < -0.3 is 9.15 Å². The monoisotopic (exact) mass is 217 g/mol. The first-order valence-corrected chi connectivity index (χ1v) is 4.82. The first-order chi connectivity index (χ1) is 7.72. The summed E-state index contributed by atoms with van der Waals surface area (Å²) in [5.41, 5.74) is 1.09. The summed E-state index contributed by atoms with van der Waals surface area (Å²) in [5.74, 6) is 0.736. The van der Waals surface area contributed by atoms with E-state index in [2.05, 4.69) is 4.98 Å². The molecule has 4 nitrogen and oxygen atoms in total. The molecular formula is C12H11NO3. The molecule has 0 fully saturated rings. The van der Waals surface area contributed by atoms with Crippen LogP contribution in [0.2, 0.25) is 0 Å². The number of ether oxygens (including phenoxy) is 1. The van der Waals surface area contributed by atoms with Crippen molar-refractivity contribution in [3.05, 3.63) is 41.8 Å². The topological polar surface area (TPSA) is 52.3 Å². The highest BCUT2D eigenvalue weighted by atomic mass is 16.5. The number of aromatic nitrogens is 1. The van der Waals surface area contributed by atoms with Crippen molar-refractivity contribution in [3.8, 4) is 11.5 Å². The van der Waals surface area contributed by atoms with Gasteiger partial charge in [0, 0.05) is 0 Å². The molecule has 0 radical (unpaired) electrons. The fourth-order valence-electron chi connectivity index (χ4n) is 1.44. The molecule has 0 saturated heterocycles. The molecule has 0 unspecified atom stereocenters. The number of oxazole rings is 1. The van der Waals surface area contributed by atoms with Crippen LogP contribution in [0.1, 0.15) is 16.1 Å². The highest BCUT2D eigenvalue weighted by molar-refractivity contribution is 5.96. The first kappa shape index (κ1) is 10.4. The Morgan fingerprint density at radius 1 is 1.38 bits per heavy atom. The van der Waals surface area contributed by atoms with Crippen LogP contribution in [0.15, 0.2) is 34.9 Å². The number of carbonyl (C=O) groups excluding carboxylic acids is 1. The lowest BCUT2D eigenvalue weighted by Gasteiger charge is -2.03. The number of methoxy groups -OCH3 is 1. The Morgan fingerprint density at radius 2 is 2.12 bits per heavy atom. The van der Waals surface area contributed by atoms with Crippen molar-refractivity contribution in [3.63, 3.8) is 0 Å². The normalized spacial score (nSPS) is 10.1. The van der Waals surface area contributed by atoms with Crippen molar-refractivity contribution < 1.29 is 13.9 Å². The zero-order chi connectivity index (χ0) is 11.5. The molecule has 0 aliphatic rings. The highest BCUT2D eigenvalue weighted by Gasteiger charge is 2.15. The first-order valence-electron chi connectivity index (χ1n) is 4.82. The molecule has 0 aliphatic carbocycles. The number of aryl methyl sites for hydroxylation is 1. The van der Waals surface area contributed by atoms with E-state index in [9.17, 15) is 4.79 Å². The van der Waals surface area contributed by atoms with Gasteiger partial charge in [0.15, 0.2) is 0 Å². The Balaban J connectivity index is 2.52. The highest BCUT2D eigenvalue weighted by Crippen LogP contribution is 2.23. The summed E-state index contributed by atoms with van der Waals surface area (Å²) in [6, 6.07) is 7.05. The zero-order valence-corrected chi connectivity index (χ0v) is 9.06. The van der Waals surface area contributed by atoms with Gasteiger partial charge in [-0.25, -0.2) is 9.78 Å². The number of rotatable bonds is 2. The van der Waals surface area contributed by atoms with E-state index in [1.54, 1.807) is 31.3 Å². The minimum atomic E-state index is -0.397. The Bertz CT molecular complexity index is 516. The molecule has 2 rings (SSSR count). The van der Waals surface area contributed by atoms with Crippen LogP contribution in [-0.2, 0) is 4.74 Å². The van der Waals surface area contributed by atoms with Crippen LogP contribution in [0.4, 0.5) is 0 Å². The molecule has 1 aromatic heterocycles. The predicted molar refractivity (Wildman–Crippen MR) is 58.0 cm³/mol. The fraction of sp³-hybridized carbons (Fsp3) is 0.167. The molecule has 0 saturated carbocycles. The second kappa shape index (κ2) is 4.18. The van der Waals surface area contributed by atoms with E-state index >= 15 is 0 Å². The molecule has 1 aromatic carbocycles. The van der Waals surface area contributed by atoms with E-state index in [-0.39, 0.29) is 0 Å². The fourth-order valence-corrected chi connectivity index (χ4v) is 1.44. The van der Waals surface area contributed by atoms with E-state index in [4.69, 9.17) is 9.15 Å². The van der Waals surface area contributed by atoms with Crippen LogP contribution in [-0.4, -0.2) is 18.1 Å². The summed E-state index contributed by atoms with van der Waals surface area (Å²) < 4.78 is 10.1. The lowest BCUT2D eigenvalue weighted by atomic mass is 10.1. The largest absolute Gasteiger partial charge is 0.465 e. The van der Waals surface area contributed by atoms with E-state index in [0.717, 1.165) is 0 Å². The Kier molecular flexibility index (Phi) is 2.72. The molecule has 0 atom stereocenters. The van der Waals surface area contributed by atoms with Crippen molar-refractivity contribution in [1.82, 2.24) is 4.98 Å². The Hall–Kier alpha value is -2.10. The maximum Gasteiger partial charge on any atom is 0.338 e. The van der Waals surface area contributed by atoms with Crippen molar-refractivity contribution in [2.75, 3.05) is 7.11 Å². The van der Waals surface area contributed by atoms with Gasteiger partial charge in [-0.1, -0.05) is 12.1 Å². The van der Waals surface area contributed by atoms with E-state index < -0.39 is 5.97 Å². The third kappa shape index (κ3) is 1.82. The number of nitrogens with zero attached hydrogens (tertiary/aromatic N) is 1. The summed E-state index contributed by atoms with van der Waals surface area (Å²) in [5, 5.41) is 0. The second-order valence-electron chi connectivity index (χ2n) is 3.31. The second-order valence-corrected chi connectivity index (χ2v) is 3.31. The third-order valence-corrected chi connectivity index (χ3v) is 2.18. The number of hydrogen-bond donors (Lipinski definition) is 0. The standard InChI is InChI=1S/C12H11NO3/c1-8-7-13-11(16-8)9-5-3-4-6-10(9)12(14)15-2/h3-7H,1-2H3. The molecule has 1 heterocycles. The minimum Gasteiger partial charge on any atom is -0.465 e. The van der Waals surface area contributed by atoms with Crippen LogP contribution in [0.3, 0.4) is 0 Å². The van der Waals surface area contributed by atoms with Crippen LogP contribution in [0.5, 0.6) is 0 Å².